The van der Waals surface area contributed by atoms with E-state index in [1.165, 1.54) is 17.4 Å². The van der Waals surface area contributed by atoms with Crippen LogP contribution in [0.3, 0.4) is 0 Å². The number of hydrogen-bond donors (Lipinski definition) is 0. The van der Waals surface area contributed by atoms with Crippen molar-refractivity contribution in [3.05, 3.63) is 39.6 Å². The first-order chi connectivity index (χ1) is 7.15. The maximum absolute atomic E-state index is 13.0. The fourth-order valence-electron chi connectivity index (χ4n) is 1.07. The van der Waals surface area contributed by atoms with Crippen molar-refractivity contribution in [3.8, 4) is 10.9 Å². The van der Waals surface area contributed by atoms with Crippen LogP contribution in [0, 0.1) is 12.7 Å². The molecule has 2 rings (SSSR count). The van der Waals surface area contributed by atoms with Crippen LogP contribution in [-0.2, 0) is 0 Å². The SMILES string of the molecule is Cc1cc(Oc2nc(Br)cs2)ccc1F. The molecule has 1 aromatic carbocycles. The molecule has 0 aliphatic rings. The monoisotopic (exact) mass is 287 g/mol. The molecule has 0 saturated carbocycles. The number of nitrogens with zero attached hydrogens (tertiary/aromatic N) is 1. The number of thiazole rings is 1. The van der Waals surface area contributed by atoms with Gasteiger partial charge in [-0.15, -0.1) is 0 Å². The summed E-state index contributed by atoms with van der Waals surface area (Å²) in [5.41, 5.74) is 0.558. The van der Waals surface area contributed by atoms with Gasteiger partial charge in [-0.3, -0.25) is 0 Å². The standard InChI is InChI=1S/C10H7BrFNOS/c1-6-4-7(2-3-8(6)12)14-10-13-9(11)5-15-10/h2-5H,1H3. The zero-order chi connectivity index (χ0) is 10.8. The molecule has 0 radical (unpaired) electrons. The number of aryl methyl sites for hydroxylation is 1. The highest BCUT2D eigenvalue weighted by molar-refractivity contribution is 9.10. The summed E-state index contributed by atoms with van der Waals surface area (Å²) in [6.45, 7) is 1.69. The Bertz CT molecular complexity index is 486. The molecule has 0 unspecified atom stereocenters. The van der Waals surface area contributed by atoms with Crippen molar-refractivity contribution in [2.24, 2.45) is 0 Å². The topological polar surface area (TPSA) is 22.1 Å². The Morgan fingerprint density at radius 3 is 2.87 bits per heavy atom. The molecule has 0 spiro atoms. The molecule has 0 N–H and O–H groups in total. The molecule has 0 atom stereocenters. The zero-order valence-electron chi connectivity index (χ0n) is 7.83. The molecule has 0 aliphatic heterocycles. The van der Waals surface area contributed by atoms with Crippen LogP contribution in [0.4, 0.5) is 4.39 Å². The number of aromatic nitrogens is 1. The van der Waals surface area contributed by atoms with Gasteiger partial charge in [-0.1, -0.05) is 11.3 Å². The average molecular weight is 288 g/mol. The Hall–Kier alpha value is -0.940. The van der Waals surface area contributed by atoms with E-state index in [1.54, 1.807) is 19.1 Å². The van der Waals surface area contributed by atoms with Crippen LogP contribution in [0.15, 0.2) is 28.2 Å². The van der Waals surface area contributed by atoms with Crippen molar-refractivity contribution < 1.29 is 9.13 Å². The molecular weight excluding hydrogens is 281 g/mol. The van der Waals surface area contributed by atoms with Crippen LogP contribution in [0.2, 0.25) is 0 Å². The van der Waals surface area contributed by atoms with E-state index >= 15 is 0 Å². The molecule has 5 heteroatoms. The van der Waals surface area contributed by atoms with Crippen molar-refractivity contribution in [1.29, 1.82) is 0 Å². The molecule has 2 nitrogen and oxygen atoms in total. The summed E-state index contributed by atoms with van der Waals surface area (Å²) in [5.74, 6) is 0.360. The van der Waals surface area contributed by atoms with Gasteiger partial charge in [0.2, 0.25) is 0 Å². The highest BCUT2D eigenvalue weighted by atomic mass is 79.9. The summed E-state index contributed by atoms with van der Waals surface area (Å²) in [7, 11) is 0. The molecular formula is C10H7BrFNOS. The average Bonchev–Trinajstić information content (AvgIpc) is 2.58. The van der Waals surface area contributed by atoms with Gasteiger partial charge >= 0.3 is 0 Å². The van der Waals surface area contributed by atoms with Crippen LogP contribution < -0.4 is 4.74 Å². The Balaban J connectivity index is 2.21. The minimum absolute atomic E-state index is 0.234. The zero-order valence-corrected chi connectivity index (χ0v) is 10.2. The summed E-state index contributed by atoms with van der Waals surface area (Å²) < 4.78 is 19.1. The Kier molecular flexibility index (Phi) is 3.02. The van der Waals surface area contributed by atoms with Crippen LogP contribution in [0.1, 0.15) is 5.56 Å². The van der Waals surface area contributed by atoms with Gasteiger partial charge in [-0.2, -0.15) is 4.98 Å². The highest BCUT2D eigenvalue weighted by Crippen LogP contribution is 2.28. The lowest BCUT2D eigenvalue weighted by atomic mass is 10.2. The van der Waals surface area contributed by atoms with E-state index in [9.17, 15) is 4.39 Å². The predicted octanol–water partition coefficient (Wildman–Crippen LogP) is 4.15. The van der Waals surface area contributed by atoms with Crippen molar-refractivity contribution in [2.45, 2.75) is 6.92 Å². The summed E-state index contributed by atoms with van der Waals surface area (Å²) in [5, 5.41) is 2.36. The fourth-order valence-corrected chi connectivity index (χ4v) is 2.17. The minimum Gasteiger partial charge on any atom is -0.431 e. The van der Waals surface area contributed by atoms with E-state index in [1.807, 2.05) is 5.38 Å². The Morgan fingerprint density at radius 1 is 1.47 bits per heavy atom. The summed E-state index contributed by atoms with van der Waals surface area (Å²) in [6, 6.07) is 4.61. The molecule has 0 fully saturated rings. The maximum atomic E-state index is 13.0. The normalized spacial score (nSPS) is 10.3. The lowest BCUT2D eigenvalue weighted by Crippen LogP contribution is -1.86. The molecule has 1 aromatic heterocycles. The van der Waals surface area contributed by atoms with Crippen molar-refractivity contribution in [2.75, 3.05) is 0 Å². The summed E-state index contributed by atoms with van der Waals surface area (Å²) >= 11 is 4.61. The third-order valence-corrected chi connectivity index (χ3v) is 3.22. The third kappa shape index (κ3) is 2.54. The first-order valence-electron chi connectivity index (χ1n) is 4.20. The lowest BCUT2D eigenvalue weighted by Gasteiger charge is -2.02. The van der Waals surface area contributed by atoms with Crippen molar-refractivity contribution in [1.82, 2.24) is 4.98 Å². The van der Waals surface area contributed by atoms with Gasteiger partial charge in [-0.05, 0) is 46.6 Å². The first kappa shape index (κ1) is 10.6. The van der Waals surface area contributed by atoms with Gasteiger partial charge in [0.1, 0.15) is 16.2 Å². The fraction of sp³-hybridized carbons (Fsp3) is 0.100. The van der Waals surface area contributed by atoms with Crippen molar-refractivity contribution >= 4 is 27.3 Å². The number of hydrogen-bond acceptors (Lipinski definition) is 3. The summed E-state index contributed by atoms with van der Waals surface area (Å²) in [4.78, 5) is 4.08. The number of rotatable bonds is 2. The highest BCUT2D eigenvalue weighted by Gasteiger charge is 2.04. The second kappa shape index (κ2) is 4.28. The van der Waals surface area contributed by atoms with Gasteiger partial charge < -0.3 is 4.74 Å². The predicted molar refractivity (Wildman–Crippen MR) is 61.0 cm³/mol. The molecule has 2 aromatic rings. The van der Waals surface area contributed by atoms with Gasteiger partial charge in [0.15, 0.2) is 0 Å². The quantitative estimate of drug-likeness (QED) is 0.828. The maximum Gasteiger partial charge on any atom is 0.279 e. The number of benzene rings is 1. The van der Waals surface area contributed by atoms with Gasteiger partial charge in [0.05, 0.1) is 0 Å². The molecule has 1 heterocycles. The molecule has 15 heavy (non-hydrogen) atoms. The smallest absolute Gasteiger partial charge is 0.279 e. The van der Waals surface area contributed by atoms with Crippen molar-refractivity contribution in [3.63, 3.8) is 0 Å². The largest absolute Gasteiger partial charge is 0.431 e. The molecule has 78 valence electrons. The van der Waals surface area contributed by atoms with Gasteiger partial charge in [0.25, 0.3) is 5.19 Å². The second-order valence-corrected chi connectivity index (χ2v) is 4.58. The number of ether oxygens (including phenoxy) is 1. The molecule has 0 amide bonds. The van der Waals surface area contributed by atoms with E-state index in [0.717, 1.165) is 4.60 Å². The van der Waals surface area contributed by atoms with Crippen LogP contribution in [0.5, 0.6) is 10.9 Å². The minimum atomic E-state index is -0.234. The Labute approximate surface area is 98.9 Å². The molecule has 0 aliphatic carbocycles. The van der Waals surface area contributed by atoms with E-state index in [4.69, 9.17) is 4.74 Å². The van der Waals surface area contributed by atoms with Gasteiger partial charge in [0, 0.05) is 5.38 Å². The summed E-state index contributed by atoms with van der Waals surface area (Å²) in [6.07, 6.45) is 0. The third-order valence-electron chi connectivity index (χ3n) is 1.79. The molecule has 0 saturated heterocycles. The van der Waals surface area contributed by atoms with E-state index in [-0.39, 0.29) is 5.82 Å². The van der Waals surface area contributed by atoms with Crippen LogP contribution in [-0.4, -0.2) is 4.98 Å². The first-order valence-corrected chi connectivity index (χ1v) is 5.87. The Morgan fingerprint density at radius 2 is 2.27 bits per heavy atom. The van der Waals surface area contributed by atoms with Crippen LogP contribution >= 0.6 is 27.3 Å². The van der Waals surface area contributed by atoms with E-state index in [2.05, 4.69) is 20.9 Å². The second-order valence-electron chi connectivity index (χ2n) is 2.95. The van der Waals surface area contributed by atoms with Crippen LogP contribution in [0.25, 0.3) is 0 Å². The van der Waals surface area contributed by atoms with E-state index in [0.29, 0.717) is 16.5 Å². The van der Waals surface area contributed by atoms with E-state index < -0.39 is 0 Å². The molecule has 0 bridgehead atoms. The lowest BCUT2D eigenvalue weighted by molar-refractivity contribution is 0.475. The number of halogens is 2. The van der Waals surface area contributed by atoms with Gasteiger partial charge in [-0.25, -0.2) is 4.39 Å².